The highest BCUT2D eigenvalue weighted by atomic mass is 16.5. The van der Waals surface area contributed by atoms with Crippen molar-refractivity contribution >= 4 is 17.8 Å². The maximum absolute atomic E-state index is 12.3. The number of nitrogens with zero attached hydrogens (tertiary/aromatic N) is 1. The molecule has 8 heteroatoms. The van der Waals surface area contributed by atoms with Crippen LogP contribution >= 0.6 is 0 Å². The quantitative estimate of drug-likeness (QED) is 0.463. The number of nitrogens with one attached hydrogen (secondary N) is 1. The van der Waals surface area contributed by atoms with Crippen LogP contribution in [-0.4, -0.2) is 40.8 Å². The summed E-state index contributed by atoms with van der Waals surface area (Å²) in [6, 6.07) is 7.99. The average Bonchev–Trinajstić information content (AvgIpc) is 2.98. The van der Waals surface area contributed by atoms with Crippen LogP contribution in [0, 0.1) is 5.92 Å². The largest absolute Gasteiger partial charge is 0.488 e. The number of fused-ring (bicyclic) bond motifs is 1. The molecule has 2 amide bonds. The van der Waals surface area contributed by atoms with Gasteiger partial charge in [-0.1, -0.05) is 26.0 Å². The average molecular weight is 426 g/mol. The fourth-order valence-corrected chi connectivity index (χ4v) is 3.16. The van der Waals surface area contributed by atoms with Gasteiger partial charge in [-0.3, -0.25) is 24.1 Å². The lowest BCUT2D eigenvalue weighted by atomic mass is 10.1. The van der Waals surface area contributed by atoms with Gasteiger partial charge in [-0.2, -0.15) is 0 Å². The molecule has 164 valence electrons. The van der Waals surface area contributed by atoms with E-state index in [1.807, 2.05) is 0 Å². The smallest absolute Gasteiger partial charge is 0.306 e. The first-order chi connectivity index (χ1) is 14.9. The second-order valence-electron chi connectivity index (χ2n) is 7.79. The van der Waals surface area contributed by atoms with Crippen molar-refractivity contribution in [2.24, 2.45) is 5.92 Å². The van der Waals surface area contributed by atoms with Crippen LogP contribution in [0.1, 0.15) is 59.5 Å². The zero-order valence-corrected chi connectivity index (χ0v) is 17.7. The highest BCUT2D eigenvalue weighted by Crippen LogP contribution is 2.22. The van der Waals surface area contributed by atoms with Crippen molar-refractivity contribution in [2.45, 2.75) is 39.7 Å². The van der Waals surface area contributed by atoms with E-state index < -0.39 is 5.97 Å². The van der Waals surface area contributed by atoms with Gasteiger partial charge in [0, 0.05) is 25.2 Å². The maximum Gasteiger partial charge on any atom is 0.306 e. The number of ether oxygens (including phenoxy) is 2. The molecule has 1 aromatic heterocycles. The predicted octanol–water partition coefficient (Wildman–Crippen LogP) is 2.92. The minimum absolute atomic E-state index is 0.0496. The van der Waals surface area contributed by atoms with Crippen molar-refractivity contribution < 1.29 is 23.9 Å². The summed E-state index contributed by atoms with van der Waals surface area (Å²) in [7, 11) is 0. The van der Waals surface area contributed by atoms with Gasteiger partial charge >= 0.3 is 5.97 Å². The van der Waals surface area contributed by atoms with Crippen LogP contribution in [0.5, 0.6) is 5.75 Å². The summed E-state index contributed by atoms with van der Waals surface area (Å²) < 4.78 is 10.6. The van der Waals surface area contributed by atoms with Crippen LogP contribution in [0.2, 0.25) is 0 Å². The topological polar surface area (TPSA) is 106 Å². The van der Waals surface area contributed by atoms with E-state index in [0.29, 0.717) is 35.8 Å². The van der Waals surface area contributed by atoms with Crippen LogP contribution in [-0.2, 0) is 16.1 Å². The van der Waals surface area contributed by atoms with Crippen molar-refractivity contribution in [3.8, 4) is 5.75 Å². The molecule has 2 heterocycles. The van der Waals surface area contributed by atoms with E-state index in [2.05, 4.69) is 18.8 Å². The molecule has 1 aromatic carbocycles. The molecule has 0 saturated carbocycles. The number of hydrogen-bond acceptors (Lipinski definition) is 6. The first-order valence-electron chi connectivity index (χ1n) is 10.3. The Hall–Kier alpha value is -3.42. The Morgan fingerprint density at radius 1 is 1.10 bits per heavy atom. The molecule has 0 unspecified atom stereocenters. The number of rotatable bonds is 10. The highest BCUT2D eigenvalue weighted by molar-refractivity contribution is 6.21. The molecular weight excluding hydrogens is 400 g/mol. The van der Waals surface area contributed by atoms with Crippen LogP contribution in [0.15, 0.2) is 41.3 Å². The van der Waals surface area contributed by atoms with Gasteiger partial charge in [-0.25, -0.2) is 0 Å². The number of aromatic amines is 1. The molecule has 0 bridgehead atoms. The first kappa shape index (κ1) is 22.3. The Balaban J connectivity index is 1.42. The molecule has 1 aliphatic rings. The van der Waals surface area contributed by atoms with E-state index in [1.165, 1.54) is 12.3 Å². The number of pyridine rings is 1. The van der Waals surface area contributed by atoms with Gasteiger partial charge in [-0.05, 0) is 30.9 Å². The van der Waals surface area contributed by atoms with Gasteiger partial charge in [0.25, 0.3) is 11.8 Å². The molecule has 0 atom stereocenters. The number of carbonyl (C=O) groups excluding carboxylic acids is 3. The number of benzene rings is 1. The van der Waals surface area contributed by atoms with E-state index >= 15 is 0 Å². The molecule has 0 saturated heterocycles. The minimum atomic E-state index is -0.477. The number of hydrogen-bond donors (Lipinski definition) is 1. The fraction of sp³-hybridized carbons (Fsp3) is 0.391. The van der Waals surface area contributed by atoms with Gasteiger partial charge in [0.05, 0.1) is 23.4 Å². The summed E-state index contributed by atoms with van der Waals surface area (Å²) in [6.45, 7) is 4.67. The van der Waals surface area contributed by atoms with Gasteiger partial charge in [0.15, 0.2) is 5.75 Å². The SMILES string of the molecule is CC(C)CCOc1c[nH]c(COC(=O)CCCN2C(=O)c3ccccc3C2=O)cc1=O. The third-order valence-electron chi connectivity index (χ3n) is 4.92. The third kappa shape index (κ3) is 5.59. The van der Waals surface area contributed by atoms with Crippen molar-refractivity contribution in [3.05, 3.63) is 63.6 Å². The fourth-order valence-electron chi connectivity index (χ4n) is 3.16. The third-order valence-corrected chi connectivity index (χ3v) is 4.92. The van der Waals surface area contributed by atoms with Crippen molar-refractivity contribution in [1.29, 1.82) is 0 Å². The summed E-state index contributed by atoms with van der Waals surface area (Å²) in [6.07, 6.45) is 2.66. The molecular formula is C23H26N2O6. The van der Waals surface area contributed by atoms with Crippen LogP contribution in [0.25, 0.3) is 0 Å². The molecule has 3 rings (SSSR count). The summed E-state index contributed by atoms with van der Waals surface area (Å²) in [4.78, 5) is 52.7. The number of esters is 1. The van der Waals surface area contributed by atoms with Gasteiger partial charge in [-0.15, -0.1) is 0 Å². The molecule has 0 spiro atoms. The van der Waals surface area contributed by atoms with Crippen LogP contribution < -0.4 is 10.2 Å². The molecule has 2 aromatic rings. The molecule has 0 aliphatic carbocycles. The summed E-state index contributed by atoms with van der Waals surface area (Å²) >= 11 is 0. The zero-order valence-electron chi connectivity index (χ0n) is 17.7. The standard InChI is InChI=1S/C23H26N2O6/c1-15(2)9-11-30-20-13-24-16(12-19(20)26)14-31-21(27)8-5-10-25-22(28)17-6-3-4-7-18(17)23(25)29/h3-4,6-7,12-13,15H,5,8-11,14H2,1-2H3,(H,24,26). The Bertz CT molecular complexity index is 992. The summed E-state index contributed by atoms with van der Waals surface area (Å²) in [5, 5.41) is 0. The van der Waals surface area contributed by atoms with Gasteiger partial charge in [0.1, 0.15) is 6.61 Å². The lowest BCUT2D eigenvalue weighted by Crippen LogP contribution is -2.31. The summed E-state index contributed by atoms with van der Waals surface area (Å²) in [5.41, 5.74) is 0.945. The van der Waals surface area contributed by atoms with E-state index in [-0.39, 0.29) is 42.6 Å². The van der Waals surface area contributed by atoms with E-state index in [0.717, 1.165) is 11.3 Å². The zero-order chi connectivity index (χ0) is 22.4. The van der Waals surface area contributed by atoms with Crippen LogP contribution in [0.3, 0.4) is 0 Å². The lowest BCUT2D eigenvalue weighted by molar-refractivity contribution is -0.145. The number of carbonyl (C=O) groups is 3. The number of amides is 2. The Labute approximate surface area is 180 Å². The molecule has 1 aliphatic heterocycles. The second-order valence-corrected chi connectivity index (χ2v) is 7.79. The normalized spacial score (nSPS) is 12.9. The molecule has 31 heavy (non-hydrogen) atoms. The van der Waals surface area contributed by atoms with Crippen LogP contribution in [0.4, 0.5) is 0 Å². The predicted molar refractivity (Wildman–Crippen MR) is 113 cm³/mol. The number of imide groups is 1. The Morgan fingerprint density at radius 2 is 1.77 bits per heavy atom. The monoisotopic (exact) mass is 426 g/mol. The van der Waals surface area contributed by atoms with E-state index in [4.69, 9.17) is 9.47 Å². The Kier molecular flexibility index (Phi) is 7.23. The van der Waals surface area contributed by atoms with Crippen molar-refractivity contribution in [3.63, 3.8) is 0 Å². The van der Waals surface area contributed by atoms with Gasteiger partial charge in [0.2, 0.25) is 5.43 Å². The minimum Gasteiger partial charge on any atom is -0.488 e. The second kappa shape index (κ2) is 10.1. The Morgan fingerprint density at radius 3 is 2.39 bits per heavy atom. The lowest BCUT2D eigenvalue weighted by Gasteiger charge is -2.13. The maximum atomic E-state index is 12.3. The molecule has 1 N–H and O–H groups in total. The first-order valence-corrected chi connectivity index (χ1v) is 10.3. The molecule has 0 fully saturated rings. The number of aromatic nitrogens is 1. The number of H-pyrrole nitrogens is 1. The summed E-state index contributed by atoms with van der Waals surface area (Å²) in [5.74, 6) is -0.453. The van der Waals surface area contributed by atoms with E-state index in [1.54, 1.807) is 24.3 Å². The van der Waals surface area contributed by atoms with Gasteiger partial charge < -0.3 is 14.5 Å². The molecule has 0 radical (unpaired) electrons. The highest BCUT2D eigenvalue weighted by Gasteiger charge is 2.34. The van der Waals surface area contributed by atoms with Crippen molar-refractivity contribution in [2.75, 3.05) is 13.2 Å². The van der Waals surface area contributed by atoms with Crippen molar-refractivity contribution in [1.82, 2.24) is 9.88 Å². The van der Waals surface area contributed by atoms with E-state index in [9.17, 15) is 19.2 Å². The molecule has 8 nitrogen and oxygen atoms in total.